The number of allylic oxidation sites excluding steroid dienone is 1. The molecule has 0 spiro atoms. The van der Waals surface area contributed by atoms with E-state index in [-0.39, 0.29) is 11.7 Å². The monoisotopic (exact) mass is 444 g/mol. The highest BCUT2D eigenvalue weighted by Crippen LogP contribution is 2.28. The molecule has 0 aliphatic heterocycles. The summed E-state index contributed by atoms with van der Waals surface area (Å²) in [6.07, 6.45) is 1.73. The van der Waals surface area contributed by atoms with E-state index < -0.39 is 0 Å². The summed E-state index contributed by atoms with van der Waals surface area (Å²) in [5.74, 6) is 0.527. The highest BCUT2D eigenvalue weighted by molar-refractivity contribution is 7.98. The van der Waals surface area contributed by atoms with E-state index in [0.29, 0.717) is 34.4 Å². The number of benzene rings is 3. The lowest BCUT2D eigenvalue weighted by atomic mass is 10.1. The first-order valence-electron chi connectivity index (χ1n) is 10.0. The summed E-state index contributed by atoms with van der Waals surface area (Å²) in [5.41, 5.74) is 2.69. The summed E-state index contributed by atoms with van der Waals surface area (Å²) in [5, 5.41) is 12.0. The Morgan fingerprint density at radius 2 is 1.81 bits per heavy atom. The molecule has 0 aliphatic carbocycles. The van der Waals surface area contributed by atoms with Crippen LogP contribution in [-0.4, -0.2) is 20.7 Å². The van der Waals surface area contributed by atoms with E-state index in [1.54, 1.807) is 30.3 Å². The molecule has 1 N–H and O–H groups in total. The lowest BCUT2D eigenvalue weighted by Crippen LogP contribution is -2.11. The van der Waals surface area contributed by atoms with Crippen LogP contribution < -0.4 is 5.32 Å². The number of hydrogen-bond donors (Lipinski definition) is 1. The highest BCUT2D eigenvalue weighted by Gasteiger charge is 2.16. The zero-order chi connectivity index (χ0) is 22.3. The molecule has 5 nitrogen and oxygen atoms in total. The minimum atomic E-state index is -0.348. The molecule has 0 saturated heterocycles. The first kappa shape index (κ1) is 21.5. The Bertz CT molecular complexity index is 1240. The summed E-state index contributed by atoms with van der Waals surface area (Å²) < 4.78 is 16.1. The molecule has 160 valence electrons. The Labute approximate surface area is 190 Å². The Morgan fingerprint density at radius 3 is 2.59 bits per heavy atom. The van der Waals surface area contributed by atoms with E-state index >= 15 is 0 Å². The molecule has 0 unspecified atom stereocenters. The van der Waals surface area contributed by atoms with Crippen LogP contribution in [-0.2, 0) is 12.3 Å². The van der Waals surface area contributed by atoms with Crippen molar-refractivity contribution >= 4 is 23.4 Å². The minimum absolute atomic E-state index is 0.167. The maximum atomic E-state index is 14.3. The molecular formula is C25H21FN4OS. The Hall–Kier alpha value is -3.71. The number of nitrogens with one attached hydrogen (secondary N) is 1. The van der Waals surface area contributed by atoms with Crippen LogP contribution in [0.4, 0.5) is 10.1 Å². The van der Waals surface area contributed by atoms with E-state index in [1.165, 1.54) is 17.8 Å². The summed E-state index contributed by atoms with van der Waals surface area (Å²) in [6, 6.07) is 23.3. The van der Waals surface area contributed by atoms with Crippen molar-refractivity contribution in [3.05, 3.63) is 108 Å². The van der Waals surface area contributed by atoms with Crippen molar-refractivity contribution in [1.29, 1.82) is 0 Å². The van der Waals surface area contributed by atoms with Crippen molar-refractivity contribution in [2.45, 2.75) is 17.5 Å². The quantitative estimate of drug-likeness (QED) is 0.275. The van der Waals surface area contributed by atoms with Gasteiger partial charge in [0.15, 0.2) is 11.0 Å². The molecule has 4 rings (SSSR count). The van der Waals surface area contributed by atoms with Crippen molar-refractivity contribution in [2.75, 3.05) is 5.32 Å². The number of nitrogens with zero attached hydrogens (tertiary/aromatic N) is 3. The predicted octanol–water partition coefficient (Wildman–Crippen LogP) is 5.81. The Morgan fingerprint density at radius 1 is 1.03 bits per heavy atom. The van der Waals surface area contributed by atoms with Crippen LogP contribution in [0.3, 0.4) is 0 Å². The number of carbonyl (C=O) groups excluding carboxylic acids is 1. The van der Waals surface area contributed by atoms with E-state index in [2.05, 4.69) is 22.1 Å². The maximum absolute atomic E-state index is 14.3. The van der Waals surface area contributed by atoms with Gasteiger partial charge in [-0.25, -0.2) is 4.39 Å². The van der Waals surface area contributed by atoms with E-state index in [1.807, 2.05) is 53.1 Å². The van der Waals surface area contributed by atoms with Crippen molar-refractivity contribution in [3.8, 4) is 11.4 Å². The van der Waals surface area contributed by atoms with Crippen molar-refractivity contribution in [2.24, 2.45) is 0 Å². The number of para-hydroxylation sites is 1. The van der Waals surface area contributed by atoms with Crippen LogP contribution in [0.5, 0.6) is 0 Å². The molecule has 0 radical (unpaired) electrons. The van der Waals surface area contributed by atoms with E-state index in [0.717, 1.165) is 11.3 Å². The first-order valence-corrected chi connectivity index (χ1v) is 11.0. The molecule has 0 atom stereocenters. The van der Waals surface area contributed by atoms with Gasteiger partial charge in [0.05, 0.1) is 5.56 Å². The van der Waals surface area contributed by atoms with Crippen LogP contribution in [0.15, 0.2) is 96.7 Å². The molecule has 1 amide bonds. The Kier molecular flexibility index (Phi) is 6.77. The number of anilines is 1. The van der Waals surface area contributed by atoms with E-state index in [9.17, 15) is 9.18 Å². The number of halogens is 1. The molecule has 3 aromatic carbocycles. The molecule has 1 heterocycles. The number of aromatic nitrogens is 3. The third-order valence-corrected chi connectivity index (χ3v) is 5.77. The molecule has 0 fully saturated rings. The van der Waals surface area contributed by atoms with Gasteiger partial charge in [-0.05, 0) is 42.0 Å². The van der Waals surface area contributed by atoms with Gasteiger partial charge in [0, 0.05) is 23.5 Å². The molecule has 0 bridgehead atoms. The van der Waals surface area contributed by atoms with Crippen molar-refractivity contribution < 1.29 is 9.18 Å². The summed E-state index contributed by atoms with van der Waals surface area (Å²) >= 11 is 1.47. The van der Waals surface area contributed by atoms with Crippen LogP contribution >= 0.6 is 11.8 Å². The minimum Gasteiger partial charge on any atom is -0.322 e. The lowest BCUT2D eigenvalue weighted by Gasteiger charge is -2.09. The van der Waals surface area contributed by atoms with Gasteiger partial charge in [-0.1, -0.05) is 60.3 Å². The van der Waals surface area contributed by atoms with Crippen LogP contribution in [0.2, 0.25) is 0 Å². The highest BCUT2D eigenvalue weighted by atomic mass is 32.2. The van der Waals surface area contributed by atoms with Crippen molar-refractivity contribution in [3.63, 3.8) is 0 Å². The normalized spacial score (nSPS) is 10.7. The van der Waals surface area contributed by atoms with Crippen LogP contribution in [0, 0.1) is 5.82 Å². The van der Waals surface area contributed by atoms with E-state index in [4.69, 9.17) is 0 Å². The lowest BCUT2D eigenvalue weighted by molar-refractivity contribution is 0.102. The fraction of sp³-hybridized carbons (Fsp3) is 0.0800. The molecule has 0 aliphatic rings. The average molecular weight is 445 g/mol. The average Bonchev–Trinajstić information content (AvgIpc) is 3.21. The smallest absolute Gasteiger partial charge is 0.255 e. The number of hydrogen-bond acceptors (Lipinski definition) is 4. The standard InChI is InChI=1S/C25H21FN4OS/c1-2-15-30-23(21-13-6-7-14-22(21)26)28-29-25(30)32-17-18-9-8-10-19(16-18)24(31)27-20-11-4-3-5-12-20/h2-14,16H,1,15,17H2,(H,27,31). The summed E-state index contributed by atoms with van der Waals surface area (Å²) in [4.78, 5) is 12.6. The van der Waals surface area contributed by atoms with Crippen LogP contribution in [0.1, 0.15) is 15.9 Å². The zero-order valence-corrected chi connectivity index (χ0v) is 18.1. The van der Waals surface area contributed by atoms with Gasteiger partial charge in [-0.15, -0.1) is 16.8 Å². The van der Waals surface area contributed by atoms with Gasteiger partial charge in [0.1, 0.15) is 5.82 Å². The molecule has 4 aromatic rings. The maximum Gasteiger partial charge on any atom is 0.255 e. The second-order valence-corrected chi connectivity index (χ2v) is 7.94. The molecule has 7 heteroatoms. The van der Waals surface area contributed by atoms with Gasteiger partial charge >= 0.3 is 0 Å². The third-order valence-electron chi connectivity index (χ3n) is 4.73. The molecule has 0 saturated carbocycles. The van der Waals surface area contributed by atoms with Crippen LogP contribution in [0.25, 0.3) is 11.4 Å². The first-order chi connectivity index (χ1) is 15.7. The number of amides is 1. The van der Waals surface area contributed by atoms with Crippen molar-refractivity contribution in [1.82, 2.24) is 14.8 Å². The number of carbonyl (C=O) groups is 1. The predicted molar refractivity (Wildman–Crippen MR) is 126 cm³/mol. The molecular weight excluding hydrogens is 423 g/mol. The summed E-state index contributed by atoms with van der Waals surface area (Å²) in [6.45, 7) is 4.25. The van der Waals surface area contributed by atoms with Gasteiger partial charge in [0.25, 0.3) is 5.91 Å². The second-order valence-electron chi connectivity index (χ2n) is 6.99. The topological polar surface area (TPSA) is 59.8 Å². The van der Waals surface area contributed by atoms with Gasteiger partial charge in [-0.2, -0.15) is 0 Å². The largest absolute Gasteiger partial charge is 0.322 e. The van der Waals surface area contributed by atoms with Gasteiger partial charge < -0.3 is 5.32 Å². The third kappa shape index (κ3) is 4.95. The molecule has 1 aromatic heterocycles. The van der Waals surface area contributed by atoms with Gasteiger partial charge in [-0.3, -0.25) is 9.36 Å². The Balaban J connectivity index is 1.50. The fourth-order valence-corrected chi connectivity index (χ4v) is 4.10. The zero-order valence-electron chi connectivity index (χ0n) is 17.2. The molecule has 32 heavy (non-hydrogen) atoms. The second kappa shape index (κ2) is 10.1. The van der Waals surface area contributed by atoms with Gasteiger partial charge in [0.2, 0.25) is 0 Å². The number of thioether (sulfide) groups is 1. The number of rotatable bonds is 8. The summed E-state index contributed by atoms with van der Waals surface area (Å²) in [7, 11) is 0. The fourth-order valence-electron chi connectivity index (χ4n) is 3.21. The SMILES string of the molecule is C=CCn1c(SCc2cccc(C(=O)Nc3ccccc3)c2)nnc1-c1ccccc1F.